The van der Waals surface area contributed by atoms with Crippen molar-refractivity contribution < 1.29 is 9.47 Å². The average molecular weight is 394 g/mol. The second kappa shape index (κ2) is 7.61. The Balaban J connectivity index is 1.62. The smallest absolute Gasteiger partial charge is 0.239 e. The first-order valence-electron chi connectivity index (χ1n) is 10.2. The lowest BCUT2D eigenvalue weighted by Gasteiger charge is -2.39. The Bertz CT molecular complexity index is 1000. The summed E-state index contributed by atoms with van der Waals surface area (Å²) in [7, 11) is 0. The Hall–Kier alpha value is -2.71. The third-order valence-corrected chi connectivity index (χ3v) is 5.87. The second-order valence-electron chi connectivity index (χ2n) is 7.60. The fourth-order valence-electron chi connectivity index (χ4n) is 3.99. The van der Waals surface area contributed by atoms with E-state index in [9.17, 15) is 0 Å². The van der Waals surface area contributed by atoms with Crippen LogP contribution in [0.5, 0.6) is 0 Å². The summed E-state index contributed by atoms with van der Waals surface area (Å²) in [4.78, 5) is 19.0. The van der Waals surface area contributed by atoms with Crippen molar-refractivity contribution in [1.29, 1.82) is 0 Å². The highest BCUT2D eigenvalue weighted by Gasteiger charge is 2.28. The highest BCUT2D eigenvalue weighted by atomic mass is 16.5. The van der Waals surface area contributed by atoms with E-state index in [0.717, 1.165) is 42.3 Å². The zero-order valence-electron chi connectivity index (χ0n) is 16.9. The summed E-state index contributed by atoms with van der Waals surface area (Å²) >= 11 is 0. The second-order valence-corrected chi connectivity index (χ2v) is 7.60. The molecule has 4 heterocycles. The number of imidazole rings is 1. The van der Waals surface area contributed by atoms with Gasteiger partial charge >= 0.3 is 0 Å². The predicted octanol–water partition coefficient (Wildman–Crippen LogP) is 2.27. The van der Waals surface area contributed by atoms with E-state index >= 15 is 0 Å². The van der Waals surface area contributed by atoms with Gasteiger partial charge in [0.15, 0.2) is 0 Å². The molecule has 3 aromatic rings. The third-order valence-electron chi connectivity index (χ3n) is 5.87. The fourth-order valence-corrected chi connectivity index (χ4v) is 3.99. The molecule has 0 spiro atoms. The van der Waals surface area contributed by atoms with Crippen LogP contribution in [0.25, 0.3) is 17.0 Å². The molecule has 1 aromatic carbocycles. The van der Waals surface area contributed by atoms with Crippen molar-refractivity contribution in [3.63, 3.8) is 0 Å². The van der Waals surface area contributed by atoms with Gasteiger partial charge in [-0.15, -0.1) is 0 Å². The number of ether oxygens (including phenoxy) is 2. The van der Waals surface area contributed by atoms with Crippen LogP contribution in [0, 0.1) is 0 Å². The van der Waals surface area contributed by atoms with E-state index in [4.69, 9.17) is 19.4 Å². The van der Waals surface area contributed by atoms with Crippen LogP contribution in [0.2, 0.25) is 0 Å². The van der Waals surface area contributed by atoms with Gasteiger partial charge in [0.1, 0.15) is 18.0 Å². The molecule has 2 saturated heterocycles. The summed E-state index contributed by atoms with van der Waals surface area (Å²) in [6.07, 6.45) is 1.96. The van der Waals surface area contributed by atoms with Crippen molar-refractivity contribution in [1.82, 2.24) is 19.5 Å². The minimum absolute atomic E-state index is 0.156. The Kier molecular flexibility index (Phi) is 4.81. The van der Waals surface area contributed by atoms with Gasteiger partial charge in [-0.25, -0.2) is 4.98 Å². The number of hydrogen-bond donors (Lipinski definition) is 0. The minimum Gasteiger partial charge on any atom is -0.378 e. The molecule has 0 aliphatic carbocycles. The predicted molar refractivity (Wildman–Crippen MR) is 112 cm³/mol. The van der Waals surface area contributed by atoms with Crippen molar-refractivity contribution in [2.45, 2.75) is 26.0 Å². The molecular formula is C21H26N6O2. The zero-order valence-corrected chi connectivity index (χ0v) is 16.9. The maximum atomic E-state index is 5.82. The SMILES string of the molecule is C[C@@H]1[C@@H](C)OCCN1c1cc(N2CCOCC2)nc(-n2cnc3ccccc32)n1. The van der Waals surface area contributed by atoms with E-state index in [-0.39, 0.29) is 12.1 Å². The van der Waals surface area contributed by atoms with E-state index in [1.165, 1.54) is 0 Å². The van der Waals surface area contributed by atoms with Crippen molar-refractivity contribution in [2.24, 2.45) is 0 Å². The summed E-state index contributed by atoms with van der Waals surface area (Å²) in [6, 6.07) is 10.4. The number of aromatic nitrogens is 4. The maximum Gasteiger partial charge on any atom is 0.239 e. The van der Waals surface area contributed by atoms with E-state index in [1.807, 2.05) is 28.8 Å². The monoisotopic (exact) mass is 394 g/mol. The molecule has 0 bridgehead atoms. The lowest BCUT2D eigenvalue weighted by atomic mass is 10.1. The Morgan fingerprint density at radius 2 is 1.76 bits per heavy atom. The molecule has 2 fully saturated rings. The van der Waals surface area contributed by atoms with E-state index in [1.54, 1.807) is 6.33 Å². The van der Waals surface area contributed by atoms with Crippen LogP contribution in [0.3, 0.4) is 0 Å². The third kappa shape index (κ3) is 3.42. The lowest BCUT2D eigenvalue weighted by molar-refractivity contribution is 0.0281. The maximum absolute atomic E-state index is 5.82. The average Bonchev–Trinajstić information content (AvgIpc) is 3.20. The molecule has 2 aliphatic rings. The molecule has 2 atom stereocenters. The van der Waals surface area contributed by atoms with Crippen LogP contribution in [-0.4, -0.2) is 71.1 Å². The summed E-state index contributed by atoms with van der Waals surface area (Å²) in [6.45, 7) is 8.91. The molecule has 29 heavy (non-hydrogen) atoms. The van der Waals surface area contributed by atoms with Crippen molar-refractivity contribution in [3.8, 4) is 5.95 Å². The first kappa shape index (κ1) is 18.3. The van der Waals surface area contributed by atoms with Gasteiger partial charge in [-0.1, -0.05) is 12.1 Å². The number of nitrogens with zero attached hydrogens (tertiary/aromatic N) is 6. The molecule has 0 amide bonds. The number of hydrogen-bond acceptors (Lipinski definition) is 7. The van der Waals surface area contributed by atoms with Crippen LogP contribution in [-0.2, 0) is 9.47 Å². The van der Waals surface area contributed by atoms with Crippen molar-refractivity contribution in [2.75, 3.05) is 49.3 Å². The minimum atomic E-state index is 0.156. The van der Waals surface area contributed by atoms with Crippen LogP contribution in [0.1, 0.15) is 13.8 Å². The number of benzene rings is 1. The highest BCUT2D eigenvalue weighted by molar-refractivity contribution is 5.76. The molecule has 0 unspecified atom stereocenters. The Morgan fingerprint density at radius 1 is 0.966 bits per heavy atom. The van der Waals surface area contributed by atoms with Gasteiger partial charge in [0.25, 0.3) is 0 Å². The van der Waals surface area contributed by atoms with Crippen molar-refractivity contribution >= 4 is 22.7 Å². The number of para-hydroxylation sites is 2. The van der Waals surface area contributed by atoms with Crippen LogP contribution in [0.4, 0.5) is 11.6 Å². The number of anilines is 2. The van der Waals surface area contributed by atoms with Gasteiger partial charge in [-0.2, -0.15) is 9.97 Å². The first-order valence-corrected chi connectivity index (χ1v) is 10.2. The van der Waals surface area contributed by atoms with Crippen LogP contribution in [0.15, 0.2) is 36.7 Å². The summed E-state index contributed by atoms with van der Waals surface area (Å²) in [5.41, 5.74) is 1.93. The Morgan fingerprint density at radius 3 is 2.62 bits per heavy atom. The normalized spacial score (nSPS) is 23.0. The summed E-state index contributed by atoms with van der Waals surface area (Å²) in [5.74, 6) is 2.50. The summed E-state index contributed by atoms with van der Waals surface area (Å²) in [5, 5.41) is 0. The lowest BCUT2D eigenvalue weighted by Crippen LogP contribution is -2.49. The summed E-state index contributed by atoms with van der Waals surface area (Å²) < 4.78 is 13.3. The van der Waals surface area contributed by atoms with Gasteiger partial charge in [0.2, 0.25) is 5.95 Å². The largest absolute Gasteiger partial charge is 0.378 e. The quantitative estimate of drug-likeness (QED) is 0.675. The molecule has 2 aromatic heterocycles. The van der Waals surface area contributed by atoms with Gasteiger partial charge in [0.05, 0.1) is 43.0 Å². The molecule has 8 nitrogen and oxygen atoms in total. The van der Waals surface area contributed by atoms with Gasteiger partial charge < -0.3 is 19.3 Å². The van der Waals surface area contributed by atoms with Gasteiger partial charge in [0, 0.05) is 25.7 Å². The first-order chi connectivity index (χ1) is 14.2. The number of rotatable bonds is 3. The molecule has 0 N–H and O–H groups in total. The molecule has 5 rings (SSSR count). The highest BCUT2D eigenvalue weighted by Crippen LogP contribution is 2.27. The molecule has 0 saturated carbocycles. The van der Waals surface area contributed by atoms with E-state index in [0.29, 0.717) is 25.8 Å². The van der Waals surface area contributed by atoms with Gasteiger partial charge in [-0.3, -0.25) is 4.57 Å². The van der Waals surface area contributed by atoms with E-state index in [2.05, 4.69) is 34.7 Å². The fraction of sp³-hybridized carbons (Fsp3) is 0.476. The molecular weight excluding hydrogens is 368 g/mol. The molecule has 2 aliphatic heterocycles. The van der Waals surface area contributed by atoms with Crippen molar-refractivity contribution in [3.05, 3.63) is 36.7 Å². The molecule has 0 radical (unpaired) electrons. The molecule has 152 valence electrons. The number of fused-ring (bicyclic) bond motifs is 1. The van der Waals surface area contributed by atoms with Gasteiger partial charge in [-0.05, 0) is 26.0 Å². The topological polar surface area (TPSA) is 68.5 Å². The Labute approximate surface area is 170 Å². The standard InChI is InChI=1S/C21H26N6O2/c1-15-16(2)29-12-9-26(15)20-13-19(25-7-10-28-11-8-25)23-21(24-20)27-14-22-17-5-3-4-6-18(17)27/h3-6,13-16H,7-12H2,1-2H3/t15-,16-/m1/s1. The van der Waals surface area contributed by atoms with Crippen LogP contribution >= 0.6 is 0 Å². The number of morpholine rings is 2. The van der Waals surface area contributed by atoms with Crippen LogP contribution < -0.4 is 9.80 Å². The zero-order chi connectivity index (χ0) is 19.8. The molecule has 8 heteroatoms. The van der Waals surface area contributed by atoms with E-state index < -0.39 is 0 Å².